The van der Waals surface area contributed by atoms with Gasteiger partial charge in [-0.2, -0.15) is 5.10 Å². The number of H-pyrrole nitrogens is 1. The minimum atomic E-state index is -0.0511. The number of benzene rings is 1. The number of aromatic nitrogens is 2. The molecule has 1 saturated carbocycles. The average Bonchev–Trinajstić information content (AvgIpc) is 3.30. The quantitative estimate of drug-likeness (QED) is 0.912. The Balaban J connectivity index is 1.44. The second kappa shape index (κ2) is 6.50. The Bertz CT molecular complexity index is 799. The van der Waals surface area contributed by atoms with Crippen LogP contribution in [-0.4, -0.2) is 58.0 Å². The van der Waals surface area contributed by atoms with Crippen LogP contribution < -0.4 is 0 Å². The number of carbonyl (C=O) groups excluding carboxylic acids is 2. The highest BCUT2D eigenvalue weighted by molar-refractivity contribution is 6.04. The molecule has 2 heterocycles. The fourth-order valence-corrected chi connectivity index (χ4v) is 4.00. The van der Waals surface area contributed by atoms with Gasteiger partial charge in [0.15, 0.2) is 5.69 Å². The molecule has 132 valence electrons. The highest BCUT2D eigenvalue weighted by atomic mass is 16.2. The summed E-state index contributed by atoms with van der Waals surface area (Å²) >= 11 is 0. The van der Waals surface area contributed by atoms with E-state index in [1.165, 1.54) is 12.8 Å². The molecule has 2 amide bonds. The summed E-state index contributed by atoms with van der Waals surface area (Å²) in [6.45, 7) is 4.42. The Morgan fingerprint density at radius 2 is 1.76 bits per heavy atom. The van der Waals surface area contributed by atoms with E-state index < -0.39 is 0 Å². The van der Waals surface area contributed by atoms with Crippen LogP contribution in [0.1, 0.15) is 41.7 Å². The highest BCUT2D eigenvalue weighted by Crippen LogP contribution is 2.27. The van der Waals surface area contributed by atoms with Gasteiger partial charge in [-0.1, -0.05) is 24.5 Å². The molecule has 1 saturated heterocycles. The van der Waals surface area contributed by atoms with Crippen molar-refractivity contribution >= 4 is 22.7 Å². The van der Waals surface area contributed by atoms with Crippen LogP contribution in [0.15, 0.2) is 18.2 Å². The van der Waals surface area contributed by atoms with Crippen molar-refractivity contribution < 1.29 is 9.59 Å². The van der Waals surface area contributed by atoms with E-state index in [1.807, 2.05) is 34.9 Å². The van der Waals surface area contributed by atoms with Gasteiger partial charge in [0.25, 0.3) is 5.91 Å². The molecule has 25 heavy (non-hydrogen) atoms. The van der Waals surface area contributed by atoms with E-state index in [9.17, 15) is 9.59 Å². The highest BCUT2D eigenvalue weighted by Gasteiger charge is 2.31. The molecule has 0 radical (unpaired) electrons. The Kier molecular flexibility index (Phi) is 4.19. The summed E-state index contributed by atoms with van der Waals surface area (Å²) in [5.74, 6) is 0.441. The maximum atomic E-state index is 12.9. The number of fused-ring (bicyclic) bond motifs is 1. The van der Waals surface area contributed by atoms with E-state index in [0.717, 1.165) is 29.3 Å². The zero-order chi connectivity index (χ0) is 17.4. The number of hydrogen-bond donors (Lipinski definition) is 1. The number of hydrogen-bond acceptors (Lipinski definition) is 3. The number of aromatic amines is 1. The van der Waals surface area contributed by atoms with E-state index in [2.05, 4.69) is 10.2 Å². The SMILES string of the molecule is Cc1ccc2[nH]nc(C(=O)N3CCN(C(=O)C4CCCC4)CC3)c2c1. The van der Waals surface area contributed by atoms with Crippen molar-refractivity contribution in [2.45, 2.75) is 32.6 Å². The van der Waals surface area contributed by atoms with Gasteiger partial charge in [-0.25, -0.2) is 0 Å². The van der Waals surface area contributed by atoms with E-state index in [-0.39, 0.29) is 17.7 Å². The van der Waals surface area contributed by atoms with Crippen molar-refractivity contribution in [3.63, 3.8) is 0 Å². The van der Waals surface area contributed by atoms with Crippen LogP contribution in [0.5, 0.6) is 0 Å². The van der Waals surface area contributed by atoms with Gasteiger partial charge in [0.1, 0.15) is 0 Å². The number of nitrogens with zero attached hydrogens (tertiary/aromatic N) is 3. The molecule has 0 atom stereocenters. The zero-order valence-corrected chi connectivity index (χ0v) is 14.6. The summed E-state index contributed by atoms with van der Waals surface area (Å²) in [7, 11) is 0. The van der Waals surface area contributed by atoms with Gasteiger partial charge in [0, 0.05) is 37.5 Å². The van der Waals surface area contributed by atoms with Gasteiger partial charge in [-0.3, -0.25) is 14.7 Å². The Labute approximate surface area is 147 Å². The molecule has 0 unspecified atom stereocenters. The Morgan fingerprint density at radius 1 is 1.08 bits per heavy atom. The van der Waals surface area contributed by atoms with Crippen LogP contribution in [0.2, 0.25) is 0 Å². The third-order valence-electron chi connectivity index (χ3n) is 5.50. The molecule has 0 bridgehead atoms. The van der Waals surface area contributed by atoms with Crippen LogP contribution in [0, 0.1) is 12.8 Å². The van der Waals surface area contributed by atoms with Gasteiger partial charge in [0.05, 0.1) is 5.52 Å². The first-order valence-electron chi connectivity index (χ1n) is 9.16. The largest absolute Gasteiger partial charge is 0.339 e. The van der Waals surface area contributed by atoms with E-state index in [1.54, 1.807) is 0 Å². The molecule has 0 spiro atoms. The number of rotatable bonds is 2. The second-order valence-corrected chi connectivity index (χ2v) is 7.22. The fraction of sp³-hybridized carbons (Fsp3) is 0.526. The zero-order valence-electron chi connectivity index (χ0n) is 14.6. The first kappa shape index (κ1) is 16.1. The molecule has 1 aliphatic heterocycles. The number of piperazine rings is 1. The lowest BCUT2D eigenvalue weighted by atomic mass is 10.1. The fourth-order valence-electron chi connectivity index (χ4n) is 4.00. The Hall–Kier alpha value is -2.37. The van der Waals surface area contributed by atoms with E-state index in [0.29, 0.717) is 31.9 Å². The van der Waals surface area contributed by atoms with Gasteiger partial charge in [0.2, 0.25) is 5.91 Å². The smallest absolute Gasteiger partial charge is 0.275 e. The molecule has 1 aliphatic carbocycles. The van der Waals surface area contributed by atoms with Crippen LogP contribution in [0.3, 0.4) is 0 Å². The molecular weight excluding hydrogens is 316 g/mol. The summed E-state index contributed by atoms with van der Waals surface area (Å²) in [4.78, 5) is 29.1. The molecule has 2 fully saturated rings. The van der Waals surface area contributed by atoms with Crippen molar-refractivity contribution in [2.24, 2.45) is 5.92 Å². The predicted molar refractivity (Wildman–Crippen MR) is 95.3 cm³/mol. The summed E-state index contributed by atoms with van der Waals surface area (Å²) in [6.07, 6.45) is 4.38. The summed E-state index contributed by atoms with van der Waals surface area (Å²) in [5, 5.41) is 8.04. The number of aryl methyl sites for hydroxylation is 1. The molecule has 1 aromatic carbocycles. The average molecular weight is 340 g/mol. The lowest BCUT2D eigenvalue weighted by Gasteiger charge is -2.35. The molecule has 2 aromatic rings. The standard InChI is InChI=1S/C19H24N4O2/c1-13-6-7-16-15(12-13)17(21-20-16)19(25)23-10-8-22(9-11-23)18(24)14-4-2-3-5-14/h6-7,12,14H,2-5,8-11H2,1H3,(H,20,21). The van der Waals surface area contributed by atoms with E-state index in [4.69, 9.17) is 0 Å². The molecular formula is C19H24N4O2. The first-order chi connectivity index (χ1) is 12.1. The third-order valence-corrected chi connectivity index (χ3v) is 5.50. The van der Waals surface area contributed by atoms with Gasteiger partial charge in [-0.05, 0) is 31.9 Å². The minimum Gasteiger partial charge on any atom is -0.339 e. The second-order valence-electron chi connectivity index (χ2n) is 7.22. The topological polar surface area (TPSA) is 69.3 Å². The van der Waals surface area contributed by atoms with Crippen molar-refractivity contribution in [1.82, 2.24) is 20.0 Å². The van der Waals surface area contributed by atoms with Crippen molar-refractivity contribution in [3.8, 4) is 0 Å². The van der Waals surface area contributed by atoms with Crippen LogP contribution in [0.25, 0.3) is 10.9 Å². The summed E-state index contributed by atoms with van der Waals surface area (Å²) < 4.78 is 0. The van der Waals surface area contributed by atoms with Crippen molar-refractivity contribution in [2.75, 3.05) is 26.2 Å². The maximum absolute atomic E-state index is 12.9. The molecule has 4 rings (SSSR count). The van der Waals surface area contributed by atoms with Crippen LogP contribution in [-0.2, 0) is 4.79 Å². The van der Waals surface area contributed by atoms with Crippen LogP contribution in [0.4, 0.5) is 0 Å². The predicted octanol–water partition coefficient (Wildman–Crippen LogP) is 2.35. The lowest BCUT2D eigenvalue weighted by molar-refractivity contribution is -0.136. The molecule has 6 heteroatoms. The van der Waals surface area contributed by atoms with Gasteiger partial charge in [-0.15, -0.1) is 0 Å². The van der Waals surface area contributed by atoms with Gasteiger partial charge < -0.3 is 9.80 Å². The van der Waals surface area contributed by atoms with Crippen molar-refractivity contribution in [1.29, 1.82) is 0 Å². The Morgan fingerprint density at radius 3 is 2.48 bits per heavy atom. The molecule has 1 aromatic heterocycles. The lowest BCUT2D eigenvalue weighted by Crippen LogP contribution is -2.51. The summed E-state index contributed by atoms with van der Waals surface area (Å²) in [6, 6.07) is 5.95. The third kappa shape index (κ3) is 3.01. The molecule has 2 aliphatic rings. The minimum absolute atomic E-state index is 0.0511. The normalized spacial score (nSPS) is 18.9. The first-order valence-corrected chi connectivity index (χ1v) is 9.16. The molecule has 1 N–H and O–H groups in total. The maximum Gasteiger partial charge on any atom is 0.275 e. The van der Waals surface area contributed by atoms with Crippen molar-refractivity contribution in [3.05, 3.63) is 29.5 Å². The number of carbonyl (C=O) groups is 2. The molecule has 6 nitrogen and oxygen atoms in total. The van der Waals surface area contributed by atoms with Gasteiger partial charge >= 0.3 is 0 Å². The monoisotopic (exact) mass is 340 g/mol. The van der Waals surface area contributed by atoms with E-state index >= 15 is 0 Å². The van der Waals surface area contributed by atoms with Crippen LogP contribution >= 0.6 is 0 Å². The number of nitrogens with one attached hydrogen (secondary N) is 1. The number of amides is 2. The summed E-state index contributed by atoms with van der Waals surface area (Å²) in [5.41, 5.74) is 2.47.